The van der Waals surface area contributed by atoms with Crippen LogP contribution in [-0.4, -0.2) is 28.5 Å². The van der Waals surface area contributed by atoms with E-state index in [1.807, 2.05) is 0 Å². The summed E-state index contributed by atoms with van der Waals surface area (Å²) in [4.78, 5) is 28.4. The number of nitrogens with two attached hydrogens (primary N) is 1. The third kappa shape index (κ3) is 3.29. The van der Waals surface area contributed by atoms with Gasteiger partial charge in [-0.05, 0) is 18.2 Å². The molecule has 2 aromatic rings. The van der Waals surface area contributed by atoms with E-state index in [1.54, 1.807) is 24.3 Å². The number of carbonyl (C=O) groups excluding carboxylic acids is 1. The molecular formula is C14H12ClN3O3. The van der Waals surface area contributed by atoms with Crippen molar-refractivity contribution in [2.24, 2.45) is 0 Å². The van der Waals surface area contributed by atoms with E-state index in [2.05, 4.69) is 4.98 Å². The molecule has 0 saturated heterocycles. The molecule has 6 nitrogen and oxygen atoms in total. The number of amides is 1. The summed E-state index contributed by atoms with van der Waals surface area (Å²) in [5, 5.41) is 9.17. The number of hydrogen-bond donors (Lipinski definition) is 2. The van der Waals surface area contributed by atoms with Crippen LogP contribution in [0.15, 0.2) is 42.7 Å². The summed E-state index contributed by atoms with van der Waals surface area (Å²) < 4.78 is 0. The van der Waals surface area contributed by atoms with Crippen molar-refractivity contribution >= 4 is 34.9 Å². The Morgan fingerprint density at radius 1 is 1.29 bits per heavy atom. The van der Waals surface area contributed by atoms with Gasteiger partial charge in [0, 0.05) is 12.4 Å². The molecule has 0 aliphatic heterocycles. The molecule has 0 spiro atoms. The highest BCUT2D eigenvalue weighted by Crippen LogP contribution is 2.26. The first-order chi connectivity index (χ1) is 10.0. The number of nitrogen functional groups attached to an aromatic ring is 1. The van der Waals surface area contributed by atoms with Crippen LogP contribution in [0.4, 0.5) is 11.4 Å². The number of benzene rings is 1. The third-order valence-corrected chi connectivity index (χ3v) is 3.07. The van der Waals surface area contributed by atoms with E-state index in [0.29, 0.717) is 11.4 Å². The monoisotopic (exact) mass is 305 g/mol. The Bertz CT molecular complexity index is 691. The number of carbonyl (C=O) groups is 2. The summed E-state index contributed by atoms with van der Waals surface area (Å²) in [7, 11) is 0. The van der Waals surface area contributed by atoms with Gasteiger partial charge in [-0.15, -0.1) is 0 Å². The molecule has 1 heterocycles. The van der Waals surface area contributed by atoms with E-state index in [9.17, 15) is 9.59 Å². The molecule has 0 saturated carbocycles. The van der Waals surface area contributed by atoms with Crippen LogP contribution >= 0.6 is 11.6 Å². The quantitative estimate of drug-likeness (QED) is 0.843. The zero-order valence-electron chi connectivity index (χ0n) is 10.9. The fraction of sp³-hybridized carbons (Fsp3) is 0.0714. The van der Waals surface area contributed by atoms with Crippen LogP contribution in [0.3, 0.4) is 0 Å². The molecule has 21 heavy (non-hydrogen) atoms. The number of hydrogen-bond acceptors (Lipinski definition) is 4. The average molecular weight is 306 g/mol. The van der Waals surface area contributed by atoms with Crippen molar-refractivity contribution in [1.29, 1.82) is 0 Å². The number of halogens is 1. The minimum Gasteiger partial charge on any atom is -0.480 e. The SMILES string of the molecule is Nc1ccccc1N(CC(=O)O)C(=O)c1ccncc1Cl. The molecule has 0 radical (unpaired) electrons. The summed E-state index contributed by atoms with van der Waals surface area (Å²) in [5.74, 6) is -1.71. The summed E-state index contributed by atoms with van der Waals surface area (Å²) in [6.45, 7) is -0.522. The van der Waals surface area contributed by atoms with Crippen molar-refractivity contribution in [1.82, 2.24) is 4.98 Å². The van der Waals surface area contributed by atoms with Gasteiger partial charge in [-0.3, -0.25) is 19.5 Å². The Balaban J connectivity index is 2.46. The van der Waals surface area contributed by atoms with Gasteiger partial charge < -0.3 is 10.8 Å². The molecule has 0 fully saturated rings. The second kappa shape index (κ2) is 6.23. The fourth-order valence-electron chi connectivity index (χ4n) is 1.83. The largest absolute Gasteiger partial charge is 0.480 e. The number of carboxylic acids is 1. The minimum absolute atomic E-state index is 0.146. The smallest absolute Gasteiger partial charge is 0.323 e. The first-order valence-corrected chi connectivity index (χ1v) is 6.36. The van der Waals surface area contributed by atoms with Crippen LogP contribution in [0.2, 0.25) is 5.02 Å². The van der Waals surface area contributed by atoms with Crippen molar-refractivity contribution in [2.45, 2.75) is 0 Å². The van der Waals surface area contributed by atoms with Gasteiger partial charge in [0.15, 0.2) is 0 Å². The lowest BCUT2D eigenvalue weighted by Crippen LogP contribution is -2.36. The molecule has 0 bridgehead atoms. The van der Waals surface area contributed by atoms with Crippen molar-refractivity contribution in [3.8, 4) is 0 Å². The van der Waals surface area contributed by atoms with E-state index in [-0.39, 0.29) is 10.6 Å². The number of aliphatic carboxylic acids is 1. The number of nitrogens with zero attached hydrogens (tertiary/aromatic N) is 2. The fourth-order valence-corrected chi connectivity index (χ4v) is 2.03. The zero-order valence-corrected chi connectivity index (χ0v) is 11.6. The third-order valence-electron chi connectivity index (χ3n) is 2.77. The van der Waals surface area contributed by atoms with Gasteiger partial charge in [-0.25, -0.2) is 0 Å². The van der Waals surface area contributed by atoms with Crippen molar-refractivity contribution in [3.63, 3.8) is 0 Å². The van der Waals surface area contributed by atoms with E-state index < -0.39 is 18.4 Å². The van der Waals surface area contributed by atoms with Gasteiger partial charge in [0.25, 0.3) is 5.91 Å². The molecule has 1 aromatic heterocycles. The first-order valence-electron chi connectivity index (χ1n) is 5.98. The number of para-hydroxylation sites is 2. The van der Waals surface area contributed by atoms with E-state index in [1.165, 1.54) is 18.5 Å². The molecule has 0 aliphatic rings. The maximum atomic E-state index is 12.5. The van der Waals surface area contributed by atoms with Gasteiger partial charge in [0.2, 0.25) is 0 Å². The second-order valence-corrected chi connectivity index (χ2v) is 4.61. The lowest BCUT2D eigenvalue weighted by Gasteiger charge is -2.22. The molecular weight excluding hydrogens is 294 g/mol. The summed E-state index contributed by atoms with van der Waals surface area (Å²) >= 11 is 5.94. The van der Waals surface area contributed by atoms with E-state index in [0.717, 1.165) is 4.90 Å². The van der Waals surface area contributed by atoms with Crippen LogP contribution in [0.25, 0.3) is 0 Å². The molecule has 2 rings (SSSR count). The molecule has 7 heteroatoms. The maximum Gasteiger partial charge on any atom is 0.323 e. The summed E-state index contributed by atoms with van der Waals surface area (Å²) in [5.41, 5.74) is 6.60. The highest BCUT2D eigenvalue weighted by Gasteiger charge is 2.23. The number of aromatic nitrogens is 1. The first kappa shape index (κ1) is 14.8. The van der Waals surface area contributed by atoms with Gasteiger partial charge >= 0.3 is 5.97 Å². The van der Waals surface area contributed by atoms with Crippen molar-refractivity contribution in [2.75, 3.05) is 17.2 Å². The predicted molar refractivity (Wildman–Crippen MR) is 79.4 cm³/mol. The number of rotatable bonds is 4. The molecule has 3 N–H and O–H groups in total. The van der Waals surface area contributed by atoms with Gasteiger partial charge in [0.1, 0.15) is 6.54 Å². The van der Waals surface area contributed by atoms with Crippen LogP contribution in [-0.2, 0) is 4.79 Å². The highest BCUT2D eigenvalue weighted by atomic mass is 35.5. The average Bonchev–Trinajstić information content (AvgIpc) is 2.45. The highest BCUT2D eigenvalue weighted by molar-refractivity contribution is 6.34. The zero-order chi connectivity index (χ0) is 15.4. The van der Waals surface area contributed by atoms with Crippen LogP contribution in [0, 0.1) is 0 Å². The summed E-state index contributed by atoms with van der Waals surface area (Å²) in [6.07, 6.45) is 2.73. The van der Waals surface area contributed by atoms with Crippen LogP contribution < -0.4 is 10.6 Å². The number of carboxylic acid groups (broad SMARTS) is 1. The predicted octanol–water partition coefficient (Wildman–Crippen LogP) is 2.05. The van der Waals surface area contributed by atoms with Crippen LogP contribution in [0.5, 0.6) is 0 Å². The standard InChI is InChI=1S/C14H12ClN3O3/c15-10-7-17-6-5-9(10)14(21)18(8-13(19)20)12-4-2-1-3-11(12)16/h1-7H,8,16H2,(H,19,20). The molecule has 0 unspecified atom stereocenters. The minimum atomic E-state index is -1.16. The van der Waals surface area contributed by atoms with Gasteiger partial charge in [-0.2, -0.15) is 0 Å². The molecule has 1 aromatic carbocycles. The van der Waals surface area contributed by atoms with Crippen LogP contribution in [0.1, 0.15) is 10.4 Å². The van der Waals surface area contributed by atoms with Crippen molar-refractivity contribution in [3.05, 3.63) is 53.3 Å². The summed E-state index contributed by atoms with van der Waals surface area (Å²) in [6, 6.07) is 7.96. The van der Waals surface area contributed by atoms with E-state index >= 15 is 0 Å². The second-order valence-electron chi connectivity index (χ2n) is 4.20. The molecule has 0 aliphatic carbocycles. The van der Waals surface area contributed by atoms with Gasteiger partial charge in [0.05, 0.1) is 22.0 Å². The maximum absolute atomic E-state index is 12.5. The number of anilines is 2. The van der Waals surface area contributed by atoms with Gasteiger partial charge in [-0.1, -0.05) is 23.7 Å². The Hall–Kier alpha value is -2.60. The normalized spacial score (nSPS) is 10.1. The topological polar surface area (TPSA) is 96.5 Å². The Morgan fingerprint density at radius 2 is 2.00 bits per heavy atom. The molecule has 0 atom stereocenters. The Morgan fingerprint density at radius 3 is 2.62 bits per heavy atom. The lowest BCUT2D eigenvalue weighted by atomic mass is 10.2. The Labute approximate surface area is 125 Å². The Kier molecular flexibility index (Phi) is 4.39. The van der Waals surface area contributed by atoms with Crippen molar-refractivity contribution < 1.29 is 14.7 Å². The van der Waals surface area contributed by atoms with E-state index in [4.69, 9.17) is 22.4 Å². The number of pyridine rings is 1. The molecule has 1 amide bonds. The lowest BCUT2D eigenvalue weighted by molar-refractivity contribution is -0.135. The molecule has 108 valence electrons.